The van der Waals surface area contributed by atoms with E-state index in [0.717, 1.165) is 6.42 Å². The Morgan fingerprint density at radius 2 is 2.07 bits per heavy atom. The van der Waals surface area contributed by atoms with Crippen LogP contribution < -0.4 is 0 Å². The van der Waals surface area contributed by atoms with Crippen LogP contribution in [0, 0.1) is 5.92 Å². The van der Waals surface area contributed by atoms with Crippen LogP contribution in [0.5, 0.6) is 0 Å². The van der Waals surface area contributed by atoms with Crippen molar-refractivity contribution in [2.45, 2.75) is 46.1 Å². The van der Waals surface area contributed by atoms with E-state index < -0.39 is 0 Å². The highest BCUT2D eigenvalue weighted by Gasteiger charge is 2.11. The summed E-state index contributed by atoms with van der Waals surface area (Å²) >= 11 is 0. The molecule has 1 atom stereocenters. The second kappa shape index (κ2) is 7.46. The molecule has 0 aromatic rings. The molecule has 0 heterocycles. The Morgan fingerprint density at radius 3 is 2.53 bits per heavy atom. The lowest BCUT2D eigenvalue weighted by Crippen LogP contribution is -2.14. The third-order valence-electron chi connectivity index (χ3n) is 2.31. The van der Waals surface area contributed by atoms with E-state index in [-0.39, 0.29) is 18.0 Å². The van der Waals surface area contributed by atoms with Crippen molar-refractivity contribution in [2.75, 3.05) is 6.61 Å². The highest BCUT2D eigenvalue weighted by Crippen LogP contribution is 2.13. The maximum atomic E-state index is 11.2. The number of ether oxygens (including phenoxy) is 1. The number of rotatable bonds is 7. The van der Waals surface area contributed by atoms with Gasteiger partial charge in [0.2, 0.25) is 0 Å². The van der Waals surface area contributed by atoms with Crippen molar-refractivity contribution in [3.63, 3.8) is 0 Å². The maximum absolute atomic E-state index is 11.2. The molecule has 0 aliphatic rings. The van der Waals surface area contributed by atoms with Gasteiger partial charge in [-0.1, -0.05) is 20.4 Å². The fourth-order valence-electron chi connectivity index (χ4n) is 1.19. The largest absolute Gasteiger partial charge is 0.463 e. The van der Waals surface area contributed by atoms with Crippen LogP contribution in [-0.4, -0.2) is 23.8 Å². The van der Waals surface area contributed by atoms with E-state index in [4.69, 9.17) is 4.74 Å². The van der Waals surface area contributed by atoms with Gasteiger partial charge < -0.3 is 9.84 Å². The van der Waals surface area contributed by atoms with Crippen molar-refractivity contribution in [1.82, 2.24) is 0 Å². The highest BCUT2D eigenvalue weighted by atomic mass is 16.5. The number of aliphatic hydroxyl groups is 1. The van der Waals surface area contributed by atoms with Crippen LogP contribution in [0.4, 0.5) is 0 Å². The van der Waals surface area contributed by atoms with E-state index in [9.17, 15) is 9.90 Å². The van der Waals surface area contributed by atoms with Crippen molar-refractivity contribution < 1.29 is 14.6 Å². The summed E-state index contributed by atoms with van der Waals surface area (Å²) in [5.41, 5.74) is 0.493. The molecule has 0 saturated carbocycles. The predicted octanol–water partition coefficient (Wildman–Crippen LogP) is 2.29. The van der Waals surface area contributed by atoms with Gasteiger partial charge in [0, 0.05) is 5.57 Å². The zero-order valence-electron chi connectivity index (χ0n) is 9.95. The predicted molar refractivity (Wildman–Crippen MR) is 60.5 cm³/mol. The average molecular weight is 214 g/mol. The van der Waals surface area contributed by atoms with Crippen molar-refractivity contribution >= 4 is 5.97 Å². The zero-order valence-corrected chi connectivity index (χ0v) is 9.95. The summed E-state index contributed by atoms with van der Waals surface area (Å²) < 4.78 is 4.81. The molecule has 0 bridgehead atoms. The van der Waals surface area contributed by atoms with E-state index in [2.05, 4.69) is 6.58 Å². The van der Waals surface area contributed by atoms with Gasteiger partial charge in [0.15, 0.2) is 0 Å². The molecule has 3 nitrogen and oxygen atoms in total. The number of hydrogen-bond acceptors (Lipinski definition) is 3. The molecule has 3 heteroatoms. The summed E-state index contributed by atoms with van der Waals surface area (Å²) in [4.78, 5) is 11.2. The molecule has 0 saturated heterocycles. The van der Waals surface area contributed by atoms with E-state index in [0.29, 0.717) is 25.0 Å². The van der Waals surface area contributed by atoms with Gasteiger partial charge in [-0.15, -0.1) is 0 Å². The smallest absolute Gasteiger partial charge is 0.333 e. The standard InChI is InChI=1S/C12H22O3/c1-5-15-12(14)10(4)7-6-8-11(13)9(2)3/h9,11,13H,4-8H2,1-3H3. The van der Waals surface area contributed by atoms with Gasteiger partial charge >= 0.3 is 5.97 Å². The molecule has 15 heavy (non-hydrogen) atoms. The molecule has 88 valence electrons. The first-order valence-electron chi connectivity index (χ1n) is 5.52. The van der Waals surface area contributed by atoms with Crippen molar-refractivity contribution in [1.29, 1.82) is 0 Å². The van der Waals surface area contributed by atoms with Crippen LogP contribution in [-0.2, 0) is 9.53 Å². The van der Waals surface area contributed by atoms with Gasteiger partial charge in [-0.3, -0.25) is 0 Å². The zero-order chi connectivity index (χ0) is 11.8. The molecule has 0 aliphatic heterocycles. The van der Waals surface area contributed by atoms with Crippen LogP contribution in [0.1, 0.15) is 40.0 Å². The van der Waals surface area contributed by atoms with Gasteiger partial charge in [-0.25, -0.2) is 4.79 Å². The Balaban J connectivity index is 3.68. The summed E-state index contributed by atoms with van der Waals surface area (Å²) in [5, 5.41) is 9.54. The Hall–Kier alpha value is -0.830. The highest BCUT2D eigenvalue weighted by molar-refractivity contribution is 5.87. The Kier molecular flexibility index (Phi) is 7.05. The SMILES string of the molecule is C=C(CCCC(O)C(C)C)C(=O)OCC. The molecule has 0 aromatic carbocycles. The van der Waals surface area contributed by atoms with Gasteiger partial charge in [0.25, 0.3) is 0 Å². The van der Waals surface area contributed by atoms with Gasteiger partial charge in [0.05, 0.1) is 12.7 Å². The second-order valence-electron chi connectivity index (χ2n) is 4.03. The van der Waals surface area contributed by atoms with Crippen LogP contribution in [0.15, 0.2) is 12.2 Å². The molecular weight excluding hydrogens is 192 g/mol. The lowest BCUT2D eigenvalue weighted by Gasteiger charge is -2.13. The van der Waals surface area contributed by atoms with Crippen LogP contribution in [0.3, 0.4) is 0 Å². The Morgan fingerprint density at radius 1 is 1.47 bits per heavy atom. The van der Waals surface area contributed by atoms with E-state index in [1.165, 1.54) is 0 Å². The molecule has 1 N–H and O–H groups in total. The molecular formula is C12H22O3. The Bertz CT molecular complexity index is 209. The van der Waals surface area contributed by atoms with Gasteiger partial charge in [-0.2, -0.15) is 0 Å². The molecule has 1 unspecified atom stereocenters. The van der Waals surface area contributed by atoms with E-state index >= 15 is 0 Å². The summed E-state index contributed by atoms with van der Waals surface area (Å²) in [5.74, 6) is -0.0580. The lowest BCUT2D eigenvalue weighted by atomic mass is 10.00. The first kappa shape index (κ1) is 14.2. The van der Waals surface area contributed by atoms with Crippen molar-refractivity contribution in [3.05, 3.63) is 12.2 Å². The average Bonchev–Trinajstić information content (AvgIpc) is 2.17. The number of esters is 1. The molecule has 0 fully saturated rings. The fraction of sp³-hybridized carbons (Fsp3) is 0.750. The lowest BCUT2D eigenvalue weighted by molar-refractivity contribution is -0.138. The summed E-state index contributed by atoms with van der Waals surface area (Å²) in [7, 11) is 0. The molecule has 0 aliphatic carbocycles. The quantitative estimate of drug-likeness (QED) is 0.522. The van der Waals surface area contributed by atoms with Crippen LogP contribution >= 0.6 is 0 Å². The number of aliphatic hydroxyl groups excluding tert-OH is 1. The fourth-order valence-corrected chi connectivity index (χ4v) is 1.19. The number of carbonyl (C=O) groups is 1. The molecule has 0 aromatic heterocycles. The van der Waals surface area contributed by atoms with Crippen molar-refractivity contribution in [3.8, 4) is 0 Å². The Labute approximate surface area is 92.1 Å². The minimum atomic E-state index is -0.323. The maximum Gasteiger partial charge on any atom is 0.333 e. The summed E-state index contributed by atoms with van der Waals surface area (Å²) in [6.45, 7) is 9.77. The third-order valence-corrected chi connectivity index (χ3v) is 2.31. The van der Waals surface area contributed by atoms with Gasteiger partial charge in [-0.05, 0) is 32.1 Å². The second-order valence-corrected chi connectivity index (χ2v) is 4.03. The first-order chi connectivity index (χ1) is 6.99. The van der Waals surface area contributed by atoms with E-state index in [1.807, 2.05) is 13.8 Å². The summed E-state index contributed by atoms with van der Waals surface area (Å²) in [6.07, 6.45) is 1.79. The van der Waals surface area contributed by atoms with Gasteiger partial charge in [0.1, 0.15) is 0 Å². The van der Waals surface area contributed by atoms with Crippen LogP contribution in [0.25, 0.3) is 0 Å². The minimum absolute atomic E-state index is 0.265. The minimum Gasteiger partial charge on any atom is -0.463 e. The topological polar surface area (TPSA) is 46.5 Å². The van der Waals surface area contributed by atoms with Crippen LogP contribution in [0.2, 0.25) is 0 Å². The number of carbonyl (C=O) groups excluding carboxylic acids is 1. The molecule has 0 amide bonds. The molecule has 0 spiro atoms. The first-order valence-corrected chi connectivity index (χ1v) is 5.52. The van der Waals surface area contributed by atoms with Crippen molar-refractivity contribution in [2.24, 2.45) is 5.92 Å². The molecule has 0 rings (SSSR count). The van der Waals surface area contributed by atoms with E-state index in [1.54, 1.807) is 6.92 Å². The summed E-state index contributed by atoms with van der Waals surface area (Å²) in [6, 6.07) is 0. The monoisotopic (exact) mass is 214 g/mol. The third kappa shape index (κ3) is 6.28. The molecule has 0 radical (unpaired) electrons. The normalized spacial score (nSPS) is 12.6. The number of hydrogen-bond donors (Lipinski definition) is 1.